The molecule has 4 heteroatoms. The lowest BCUT2D eigenvalue weighted by molar-refractivity contribution is 0.0940. The second-order valence-corrected chi connectivity index (χ2v) is 6.00. The molecule has 0 saturated carbocycles. The number of rotatable bonds is 3. The summed E-state index contributed by atoms with van der Waals surface area (Å²) in [6.45, 7) is 4.00. The van der Waals surface area contributed by atoms with Crippen molar-refractivity contribution in [3.05, 3.63) is 68.7 Å². The van der Waals surface area contributed by atoms with Crippen LogP contribution in [0.2, 0.25) is 5.02 Å². The van der Waals surface area contributed by atoms with E-state index < -0.39 is 0 Å². The highest BCUT2D eigenvalue weighted by Gasteiger charge is 2.15. The number of aryl methyl sites for hydroxylation is 1. The molecular formula is C16H15BrClNO. The molecule has 1 unspecified atom stereocenters. The maximum absolute atomic E-state index is 12.3. The number of benzene rings is 2. The molecule has 0 aliphatic carbocycles. The second kappa shape index (κ2) is 6.42. The number of amides is 1. The molecule has 104 valence electrons. The summed E-state index contributed by atoms with van der Waals surface area (Å²) in [6.07, 6.45) is 0. The summed E-state index contributed by atoms with van der Waals surface area (Å²) in [7, 11) is 0. The predicted molar refractivity (Wildman–Crippen MR) is 86.2 cm³/mol. The lowest BCUT2D eigenvalue weighted by Crippen LogP contribution is -2.27. The molecule has 2 aromatic rings. The van der Waals surface area contributed by atoms with Crippen molar-refractivity contribution in [1.82, 2.24) is 5.32 Å². The molecule has 0 fully saturated rings. The maximum atomic E-state index is 12.3. The van der Waals surface area contributed by atoms with Gasteiger partial charge in [-0.05, 0) is 43.2 Å². The Morgan fingerprint density at radius 2 is 1.95 bits per heavy atom. The van der Waals surface area contributed by atoms with Gasteiger partial charge in [0.25, 0.3) is 5.91 Å². The van der Waals surface area contributed by atoms with E-state index in [4.69, 9.17) is 11.6 Å². The molecule has 2 aromatic carbocycles. The molecule has 0 aromatic heterocycles. The van der Waals surface area contributed by atoms with Gasteiger partial charge in [0.2, 0.25) is 0 Å². The Labute approximate surface area is 132 Å². The fourth-order valence-electron chi connectivity index (χ4n) is 2.10. The van der Waals surface area contributed by atoms with Crippen LogP contribution in [-0.2, 0) is 0 Å². The summed E-state index contributed by atoms with van der Waals surface area (Å²) in [4.78, 5) is 12.3. The Morgan fingerprint density at radius 1 is 1.25 bits per heavy atom. The van der Waals surface area contributed by atoms with Gasteiger partial charge in [-0.25, -0.2) is 0 Å². The summed E-state index contributed by atoms with van der Waals surface area (Å²) in [5.74, 6) is -0.174. The number of nitrogens with one attached hydrogen (secondary N) is 1. The summed E-state index contributed by atoms with van der Waals surface area (Å²) in [6, 6.07) is 13.2. The van der Waals surface area contributed by atoms with E-state index in [0.29, 0.717) is 10.6 Å². The molecule has 0 spiro atoms. The van der Waals surface area contributed by atoms with Crippen LogP contribution < -0.4 is 5.32 Å². The van der Waals surface area contributed by atoms with Crippen molar-refractivity contribution in [2.75, 3.05) is 0 Å². The second-order valence-electron chi connectivity index (χ2n) is 4.68. The van der Waals surface area contributed by atoms with Crippen molar-refractivity contribution in [1.29, 1.82) is 0 Å². The van der Waals surface area contributed by atoms with Crippen LogP contribution in [0.1, 0.15) is 34.5 Å². The minimum atomic E-state index is -0.174. The third kappa shape index (κ3) is 3.41. The van der Waals surface area contributed by atoms with E-state index >= 15 is 0 Å². The average molecular weight is 353 g/mol. The fraction of sp³-hybridized carbons (Fsp3) is 0.188. The van der Waals surface area contributed by atoms with Gasteiger partial charge in [0, 0.05) is 4.47 Å². The summed E-state index contributed by atoms with van der Waals surface area (Å²) in [5, 5.41) is 3.42. The van der Waals surface area contributed by atoms with Gasteiger partial charge in [0.15, 0.2) is 0 Å². The molecule has 1 N–H and O–H groups in total. The molecule has 2 rings (SSSR count). The molecule has 1 amide bonds. The van der Waals surface area contributed by atoms with Crippen molar-refractivity contribution < 1.29 is 4.79 Å². The minimum absolute atomic E-state index is 0.0706. The molecule has 0 bridgehead atoms. The average Bonchev–Trinajstić information content (AvgIpc) is 2.41. The molecular weight excluding hydrogens is 338 g/mol. The molecule has 2 nitrogen and oxygen atoms in total. The number of hydrogen-bond acceptors (Lipinski definition) is 1. The van der Waals surface area contributed by atoms with Gasteiger partial charge in [-0.15, -0.1) is 0 Å². The SMILES string of the molecule is Cc1ccccc1C(C)NC(=O)c1cc(Br)ccc1Cl. The van der Waals surface area contributed by atoms with Crippen LogP contribution in [0.5, 0.6) is 0 Å². The highest BCUT2D eigenvalue weighted by atomic mass is 79.9. The fourth-order valence-corrected chi connectivity index (χ4v) is 2.66. The Balaban J connectivity index is 2.20. The third-order valence-corrected chi connectivity index (χ3v) is 4.00. The molecule has 1 atom stereocenters. The van der Waals surface area contributed by atoms with E-state index in [2.05, 4.69) is 21.2 Å². The normalized spacial score (nSPS) is 12.0. The number of hydrogen-bond donors (Lipinski definition) is 1. The summed E-state index contributed by atoms with van der Waals surface area (Å²) in [5.41, 5.74) is 2.73. The highest BCUT2D eigenvalue weighted by molar-refractivity contribution is 9.10. The minimum Gasteiger partial charge on any atom is -0.345 e. The highest BCUT2D eigenvalue weighted by Crippen LogP contribution is 2.23. The van der Waals surface area contributed by atoms with E-state index in [1.54, 1.807) is 12.1 Å². The first-order valence-electron chi connectivity index (χ1n) is 6.30. The molecule has 0 radical (unpaired) electrons. The quantitative estimate of drug-likeness (QED) is 0.836. The molecule has 0 aliphatic rings. The van der Waals surface area contributed by atoms with Crippen molar-refractivity contribution in [2.45, 2.75) is 19.9 Å². The number of halogens is 2. The van der Waals surface area contributed by atoms with Crippen LogP contribution in [0.3, 0.4) is 0 Å². The van der Waals surface area contributed by atoms with Gasteiger partial charge in [0.1, 0.15) is 0 Å². The van der Waals surface area contributed by atoms with E-state index in [0.717, 1.165) is 15.6 Å². The van der Waals surface area contributed by atoms with Crippen LogP contribution in [0.15, 0.2) is 46.9 Å². The van der Waals surface area contributed by atoms with Crippen molar-refractivity contribution in [3.63, 3.8) is 0 Å². The summed E-state index contributed by atoms with van der Waals surface area (Å²) < 4.78 is 0.829. The number of carbonyl (C=O) groups is 1. The van der Waals surface area contributed by atoms with Crippen LogP contribution in [0.25, 0.3) is 0 Å². The Morgan fingerprint density at radius 3 is 2.65 bits per heavy atom. The summed E-state index contributed by atoms with van der Waals surface area (Å²) >= 11 is 9.42. The zero-order valence-electron chi connectivity index (χ0n) is 11.3. The van der Waals surface area contributed by atoms with E-state index in [9.17, 15) is 4.79 Å². The van der Waals surface area contributed by atoms with Crippen LogP contribution >= 0.6 is 27.5 Å². The zero-order chi connectivity index (χ0) is 14.7. The van der Waals surface area contributed by atoms with Crippen LogP contribution in [0.4, 0.5) is 0 Å². The topological polar surface area (TPSA) is 29.1 Å². The molecule has 0 saturated heterocycles. The molecule has 0 aliphatic heterocycles. The van der Waals surface area contributed by atoms with E-state index in [1.807, 2.05) is 44.2 Å². The monoisotopic (exact) mass is 351 g/mol. The number of carbonyl (C=O) groups excluding carboxylic acids is 1. The smallest absolute Gasteiger partial charge is 0.253 e. The molecule has 0 heterocycles. The Kier molecular flexibility index (Phi) is 4.84. The van der Waals surface area contributed by atoms with Gasteiger partial charge >= 0.3 is 0 Å². The predicted octanol–water partition coefficient (Wildman–Crippen LogP) is 4.90. The van der Waals surface area contributed by atoms with Gasteiger partial charge < -0.3 is 5.32 Å². The van der Waals surface area contributed by atoms with E-state index in [-0.39, 0.29) is 11.9 Å². The van der Waals surface area contributed by atoms with Gasteiger partial charge in [-0.3, -0.25) is 4.79 Å². The third-order valence-electron chi connectivity index (χ3n) is 3.18. The standard InChI is InChI=1S/C16H15BrClNO/c1-10-5-3-4-6-13(10)11(2)19-16(20)14-9-12(17)7-8-15(14)18/h3-9,11H,1-2H3,(H,19,20). The lowest BCUT2D eigenvalue weighted by Gasteiger charge is -2.17. The lowest BCUT2D eigenvalue weighted by atomic mass is 10.0. The van der Waals surface area contributed by atoms with Crippen LogP contribution in [-0.4, -0.2) is 5.91 Å². The largest absolute Gasteiger partial charge is 0.345 e. The van der Waals surface area contributed by atoms with Crippen molar-refractivity contribution >= 4 is 33.4 Å². The zero-order valence-corrected chi connectivity index (χ0v) is 13.6. The van der Waals surface area contributed by atoms with Crippen molar-refractivity contribution in [3.8, 4) is 0 Å². The van der Waals surface area contributed by atoms with Gasteiger partial charge in [0.05, 0.1) is 16.6 Å². The Bertz CT molecular complexity index is 642. The van der Waals surface area contributed by atoms with Gasteiger partial charge in [-0.1, -0.05) is 51.8 Å². The Hall–Kier alpha value is -1.32. The van der Waals surface area contributed by atoms with E-state index in [1.165, 1.54) is 0 Å². The first kappa shape index (κ1) is 15.1. The van der Waals surface area contributed by atoms with Crippen LogP contribution in [0, 0.1) is 6.92 Å². The van der Waals surface area contributed by atoms with Gasteiger partial charge in [-0.2, -0.15) is 0 Å². The van der Waals surface area contributed by atoms with Crippen molar-refractivity contribution in [2.24, 2.45) is 0 Å². The first-order chi connectivity index (χ1) is 9.49. The molecule has 20 heavy (non-hydrogen) atoms. The maximum Gasteiger partial charge on any atom is 0.253 e. The first-order valence-corrected chi connectivity index (χ1v) is 7.47.